The van der Waals surface area contributed by atoms with Gasteiger partial charge in [0.05, 0.1) is 43.5 Å². The van der Waals surface area contributed by atoms with Crippen LogP contribution in [0.15, 0.2) is 30.7 Å². The number of nitrogen functional groups attached to an aromatic ring is 1. The Balaban J connectivity index is 1.38. The van der Waals surface area contributed by atoms with Crippen LogP contribution in [-0.2, 0) is 10.3 Å². The average molecular weight is 451 g/mol. The molecule has 33 heavy (non-hydrogen) atoms. The molecule has 3 N–H and O–H groups in total. The molecule has 1 aromatic carbocycles. The normalized spacial score (nSPS) is 18.8. The summed E-state index contributed by atoms with van der Waals surface area (Å²) < 4.78 is 13.2. The number of ether oxygens (including phenoxy) is 2. The molecule has 3 aromatic rings. The maximum Gasteiger partial charge on any atom is 0.263 e. The van der Waals surface area contributed by atoms with Gasteiger partial charge in [-0.1, -0.05) is 0 Å². The molecule has 0 aliphatic carbocycles. The van der Waals surface area contributed by atoms with E-state index in [1.165, 1.54) is 0 Å². The average Bonchev–Trinajstić information content (AvgIpc) is 3.22. The fraction of sp³-hybridized carbons (Fsp3) is 0.458. The summed E-state index contributed by atoms with van der Waals surface area (Å²) >= 11 is 0. The number of piperidine rings is 1. The molecule has 2 fully saturated rings. The van der Waals surface area contributed by atoms with E-state index in [1.807, 2.05) is 36.9 Å². The van der Waals surface area contributed by atoms with Gasteiger partial charge in [-0.05, 0) is 75.6 Å². The Labute approximate surface area is 193 Å². The fourth-order valence-corrected chi connectivity index (χ4v) is 4.82. The summed E-state index contributed by atoms with van der Waals surface area (Å²) in [5.74, 6) is 1.06. The lowest BCUT2D eigenvalue weighted by atomic mass is 9.84. The second-order valence-corrected chi connectivity index (χ2v) is 9.25. The van der Waals surface area contributed by atoms with Crippen LogP contribution in [0.3, 0.4) is 0 Å². The first kappa shape index (κ1) is 21.8. The van der Waals surface area contributed by atoms with Crippen molar-refractivity contribution in [3.63, 3.8) is 0 Å². The van der Waals surface area contributed by atoms with Crippen molar-refractivity contribution in [3.8, 4) is 22.9 Å². The monoisotopic (exact) mass is 450 g/mol. The van der Waals surface area contributed by atoms with Crippen LogP contribution in [0.25, 0.3) is 11.3 Å². The van der Waals surface area contributed by atoms with Crippen LogP contribution in [-0.4, -0.2) is 63.1 Å². The summed E-state index contributed by atoms with van der Waals surface area (Å²) in [5.41, 5.74) is 9.57. The lowest BCUT2D eigenvalue weighted by molar-refractivity contribution is -0.185. The number of aliphatic hydroxyl groups is 1. The van der Waals surface area contributed by atoms with E-state index in [9.17, 15) is 5.11 Å². The Morgan fingerprint density at radius 3 is 2.48 bits per heavy atom. The third-order valence-electron chi connectivity index (χ3n) is 6.60. The lowest BCUT2D eigenvalue weighted by Gasteiger charge is -2.39. The highest BCUT2D eigenvalue weighted by molar-refractivity contribution is 5.64. The summed E-state index contributed by atoms with van der Waals surface area (Å²) in [5, 5.41) is 15.2. The van der Waals surface area contributed by atoms with Gasteiger partial charge in [-0.2, -0.15) is 5.10 Å². The van der Waals surface area contributed by atoms with Crippen LogP contribution in [0.2, 0.25) is 0 Å². The quantitative estimate of drug-likeness (QED) is 0.610. The maximum atomic E-state index is 10.8. The standard InChI is InChI=1S/C24H30N6O3/c1-15-8-17(9-16(2)21(15)24(31)13-32-14-24)20-11-26-22(25)23(28-20)33-19-10-27-30(12-19)18-4-6-29(3)7-5-18/h8-12,18,31H,4-7,13-14H2,1-3H3,(H2,25,26). The molecule has 0 amide bonds. The molecular formula is C24H30N6O3. The number of nitrogens with zero attached hydrogens (tertiary/aromatic N) is 5. The van der Waals surface area contributed by atoms with E-state index in [2.05, 4.69) is 27.0 Å². The summed E-state index contributed by atoms with van der Waals surface area (Å²) in [6, 6.07) is 4.37. The molecule has 2 aliphatic rings. The van der Waals surface area contributed by atoms with Crippen molar-refractivity contribution >= 4 is 5.82 Å². The van der Waals surface area contributed by atoms with Crippen molar-refractivity contribution in [2.45, 2.75) is 38.3 Å². The Bertz CT molecular complexity index is 1140. The van der Waals surface area contributed by atoms with E-state index in [0.29, 0.717) is 30.7 Å². The molecule has 2 saturated heterocycles. The molecule has 0 saturated carbocycles. The smallest absolute Gasteiger partial charge is 0.263 e. The zero-order valence-corrected chi connectivity index (χ0v) is 19.3. The third-order valence-corrected chi connectivity index (χ3v) is 6.60. The van der Waals surface area contributed by atoms with Gasteiger partial charge in [-0.3, -0.25) is 4.68 Å². The van der Waals surface area contributed by atoms with Crippen molar-refractivity contribution in [3.05, 3.63) is 47.4 Å². The van der Waals surface area contributed by atoms with Gasteiger partial charge in [-0.25, -0.2) is 9.97 Å². The zero-order chi connectivity index (χ0) is 23.2. The van der Waals surface area contributed by atoms with E-state index in [0.717, 1.165) is 48.2 Å². The Hall–Kier alpha value is -3.01. The third kappa shape index (κ3) is 4.19. The highest BCUT2D eigenvalue weighted by Gasteiger charge is 2.40. The first-order chi connectivity index (χ1) is 15.8. The van der Waals surface area contributed by atoms with Gasteiger partial charge in [0.15, 0.2) is 11.6 Å². The van der Waals surface area contributed by atoms with E-state index >= 15 is 0 Å². The van der Waals surface area contributed by atoms with Gasteiger partial charge >= 0.3 is 0 Å². The van der Waals surface area contributed by atoms with E-state index < -0.39 is 5.60 Å². The number of aromatic nitrogens is 4. The largest absolute Gasteiger partial charge is 0.433 e. The Morgan fingerprint density at radius 2 is 1.85 bits per heavy atom. The minimum absolute atomic E-state index is 0.219. The van der Waals surface area contributed by atoms with Crippen LogP contribution in [0, 0.1) is 13.8 Å². The molecule has 0 unspecified atom stereocenters. The van der Waals surface area contributed by atoms with E-state index in [1.54, 1.807) is 12.4 Å². The SMILES string of the molecule is Cc1cc(-c2cnc(N)c(Oc3cnn(C4CCN(C)CC4)c3)n2)cc(C)c1C1(O)COC1. The zero-order valence-electron chi connectivity index (χ0n) is 19.3. The van der Waals surface area contributed by atoms with E-state index in [4.69, 9.17) is 15.2 Å². The van der Waals surface area contributed by atoms with Crippen LogP contribution in [0.1, 0.15) is 35.6 Å². The molecule has 9 heteroatoms. The Morgan fingerprint density at radius 1 is 1.15 bits per heavy atom. The molecular weight excluding hydrogens is 420 g/mol. The molecule has 0 atom stereocenters. The summed E-state index contributed by atoms with van der Waals surface area (Å²) in [6.07, 6.45) is 7.35. The van der Waals surface area contributed by atoms with Crippen molar-refractivity contribution in [2.24, 2.45) is 0 Å². The van der Waals surface area contributed by atoms with Crippen molar-refractivity contribution in [1.29, 1.82) is 0 Å². The first-order valence-corrected chi connectivity index (χ1v) is 11.3. The molecule has 2 aliphatic heterocycles. The van der Waals surface area contributed by atoms with Gasteiger partial charge in [-0.15, -0.1) is 0 Å². The Kier molecular flexibility index (Phi) is 5.55. The summed E-state index contributed by atoms with van der Waals surface area (Å²) in [6.45, 7) is 6.73. The highest BCUT2D eigenvalue weighted by atomic mass is 16.5. The number of rotatable bonds is 5. The van der Waals surface area contributed by atoms with Crippen molar-refractivity contribution in [2.75, 3.05) is 39.1 Å². The lowest BCUT2D eigenvalue weighted by Crippen LogP contribution is -2.47. The molecule has 174 valence electrons. The van der Waals surface area contributed by atoms with Crippen LogP contribution in [0.4, 0.5) is 5.82 Å². The molecule has 0 spiro atoms. The maximum absolute atomic E-state index is 10.8. The van der Waals surface area contributed by atoms with Crippen LogP contribution < -0.4 is 10.5 Å². The molecule has 5 rings (SSSR count). The topological polar surface area (TPSA) is 112 Å². The minimum atomic E-state index is -0.915. The predicted molar refractivity (Wildman–Crippen MR) is 124 cm³/mol. The second kappa shape index (κ2) is 8.40. The molecule has 2 aromatic heterocycles. The van der Waals surface area contributed by atoms with Gasteiger partial charge in [0.2, 0.25) is 0 Å². The predicted octanol–water partition coefficient (Wildman–Crippen LogP) is 2.82. The van der Waals surface area contributed by atoms with Crippen molar-refractivity contribution in [1.82, 2.24) is 24.6 Å². The van der Waals surface area contributed by atoms with Crippen LogP contribution in [0.5, 0.6) is 11.6 Å². The number of nitrogens with two attached hydrogens (primary N) is 1. The van der Waals surface area contributed by atoms with Crippen LogP contribution >= 0.6 is 0 Å². The fourth-order valence-electron chi connectivity index (χ4n) is 4.82. The molecule has 0 bridgehead atoms. The second-order valence-electron chi connectivity index (χ2n) is 9.25. The summed E-state index contributed by atoms with van der Waals surface area (Å²) in [7, 11) is 2.14. The molecule has 4 heterocycles. The number of hydrogen-bond acceptors (Lipinski definition) is 8. The highest BCUT2D eigenvalue weighted by Crippen LogP contribution is 2.37. The molecule has 9 nitrogen and oxygen atoms in total. The van der Waals surface area contributed by atoms with E-state index in [-0.39, 0.29) is 11.7 Å². The van der Waals surface area contributed by atoms with Gasteiger partial charge in [0.25, 0.3) is 5.88 Å². The number of aryl methyl sites for hydroxylation is 2. The first-order valence-electron chi connectivity index (χ1n) is 11.3. The van der Waals surface area contributed by atoms with Gasteiger partial charge in [0, 0.05) is 5.56 Å². The number of benzene rings is 1. The van der Waals surface area contributed by atoms with Gasteiger partial charge < -0.3 is 25.2 Å². The number of hydrogen-bond donors (Lipinski definition) is 2. The number of likely N-dealkylation sites (tertiary alicyclic amines) is 1. The van der Waals surface area contributed by atoms with Crippen molar-refractivity contribution < 1.29 is 14.6 Å². The molecule has 0 radical (unpaired) electrons. The minimum Gasteiger partial charge on any atom is -0.433 e. The number of anilines is 1. The summed E-state index contributed by atoms with van der Waals surface area (Å²) in [4.78, 5) is 11.3. The van der Waals surface area contributed by atoms with Gasteiger partial charge in [0.1, 0.15) is 5.60 Å².